The number of carbonyl (C=O) groups is 3. The van der Waals surface area contributed by atoms with Gasteiger partial charge in [-0.05, 0) is 19.8 Å². The Hall–Kier alpha value is -1.47. The number of hydrogen-bond acceptors (Lipinski definition) is 5. The molecule has 1 fully saturated rings. The van der Waals surface area contributed by atoms with E-state index in [-0.39, 0.29) is 22.0 Å². The Balaban J connectivity index is -0.000000421. The zero-order valence-electron chi connectivity index (χ0n) is 15.7. The Morgan fingerprint density at radius 1 is 1.08 bits per heavy atom. The van der Waals surface area contributed by atoms with Crippen molar-refractivity contribution in [3.8, 4) is 0 Å². The van der Waals surface area contributed by atoms with Crippen molar-refractivity contribution in [3.05, 3.63) is 0 Å². The van der Waals surface area contributed by atoms with E-state index in [9.17, 15) is 14.4 Å². The van der Waals surface area contributed by atoms with Crippen molar-refractivity contribution >= 4 is 17.6 Å². The third kappa shape index (κ3) is 14.6. The van der Waals surface area contributed by atoms with Crippen molar-refractivity contribution in [1.29, 1.82) is 0 Å². The standard InChI is InChI=1S/C9H18N2O4.C9H16O.2H2/c1-2-14-5-3-9(13)11-4-6-15-7-8(10)12;1-2-9(10)8-6-4-3-5-7-8;;/h2-7H2,1H3,(H2,10,12)(H,11,13);8H,2-7H2,1H3;2*1H. The van der Waals surface area contributed by atoms with E-state index in [1.54, 1.807) is 0 Å². The number of amides is 2. The van der Waals surface area contributed by atoms with Crippen molar-refractivity contribution in [2.24, 2.45) is 11.7 Å². The lowest BCUT2D eigenvalue weighted by Crippen LogP contribution is -2.29. The van der Waals surface area contributed by atoms with Crippen LogP contribution in [0, 0.1) is 5.92 Å². The molecular weight excluding hydrogens is 324 g/mol. The molecule has 0 aromatic carbocycles. The van der Waals surface area contributed by atoms with E-state index in [0.717, 1.165) is 19.3 Å². The van der Waals surface area contributed by atoms with E-state index in [1.165, 1.54) is 19.3 Å². The monoisotopic (exact) mass is 362 g/mol. The second-order valence-corrected chi connectivity index (χ2v) is 5.97. The maximum absolute atomic E-state index is 11.2. The number of primary amides is 1. The van der Waals surface area contributed by atoms with Gasteiger partial charge < -0.3 is 20.5 Å². The third-order valence-corrected chi connectivity index (χ3v) is 3.90. The lowest BCUT2D eigenvalue weighted by Gasteiger charge is -2.19. The molecule has 25 heavy (non-hydrogen) atoms. The van der Waals surface area contributed by atoms with Gasteiger partial charge >= 0.3 is 0 Å². The first-order chi connectivity index (χ1) is 12.0. The van der Waals surface area contributed by atoms with Crippen LogP contribution in [0.15, 0.2) is 0 Å². The highest BCUT2D eigenvalue weighted by Crippen LogP contribution is 2.24. The normalized spacial score (nSPS) is 14.3. The van der Waals surface area contributed by atoms with Crippen LogP contribution >= 0.6 is 0 Å². The zero-order valence-corrected chi connectivity index (χ0v) is 15.7. The number of ketones is 1. The number of rotatable bonds is 11. The molecule has 0 aromatic heterocycles. The molecule has 0 atom stereocenters. The Morgan fingerprint density at radius 2 is 1.76 bits per heavy atom. The van der Waals surface area contributed by atoms with Gasteiger partial charge in [-0.2, -0.15) is 0 Å². The molecule has 1 aliphatic carbocycles. The van der Waals surface area contributed by atoms with Gasteiger partial charge in [0.2, 0.25) is 11.8 Å². The molecule has 1 aliphatic rings. The molecule has 2 amide bonds. The molecule has 0 aliphatic heterocycles. The summed E-state index contributed by atoms with van der Waals surface area (Å²) in [5.74, 6) is 0.308. The van der Waals surface area contributed by atoms with Gasteiger partial charge in [0.25, 0.3) is 0 Å². The van der Waals surface area contributed by atoms with Crippen LogP contribution in [0.1, 0.15) is 61.6 Å². The second-order valence-electron chi connectivity index (χ2n) is 5.97. The van der Waals surface area contributed by atoms with Crippen LogP contribution in [-0.2, 0) is 23.9 Å². The minimum atomic E-state index is -0.516. The van der Waals surface area contributed by atoms with Crippen LogP contribution in [-0.4, -0.2) is 50.6 Å². The fraction of sp³-hybridized carbons (Fsp3) is 0.833. The molecule has 0 radical (unpaired) electrons. The van der Waals surface area contributed by atoms with Crippen molar-refractivity contribution < 1.29 is 26.7 Å². The second kappa shape index (κ2) is 16.0. The van der Waals surface area contributed by atoms with Crippen LogP contribution in [0.25, 0.3) is 0 Å². The van der Waals surface area contributed by atoms with Gasteiger partial charge in [-0.3, -0.25) is 14.4 Å². The first-order valence-corrected chi connectivity index (χ1v) is 9.24. The smallest absolute Gasteiger partial charge is 0.243 e. The summed E-state index contributed by atoms with van der Waals surface area (Å²) in [4.78, 5) is 32.5. The summed E-state index contributed by atoms with van der Waals surface area (Å²) >= 11 is 0. The molecule has 0 unspecified atom stereocenters. The van der Waals surface area contributed by atoms with Gasteiger partial charge in [0.05, 0.1) is 13.2 Å². The number of Topliss-reactive ketones (excluding diaryl/α,β-unsaturated/α-hetero) is 1. The van der Waals surface area contributed by atoms with E-state index < -0.39 is 5.91 Å². The molecule has 150 valence electrons. The van der Waals surface area contributed by atoms with Crippen molar-refractivity contribution in [2.75, 3.05) is 33.0 Å². The number of nitrogens with one attached hydrogen (secondary N) is 1. The Labute approximate surface area is 154 Å². The maximum atomic E-state index is 11.2. The van der Waals surface area contributed by atoms with Crippen LogP contribution in [0.2, 0.25) is 0 Å². The van der Waals surface area contributed by atoms with Gasteiger partial charge in [-0.15, -0.1) is 0 Å². The predicted octanol–water partition coefficient (Wildman–Crippen LogP) is 2.07. The number of carbonyl (C=O) groups excluding carboxylic acids is 3. The lowest BCUT2D eigenvalue weighted by atomic mass is 9.85. The summed E-state index contributed by atoms with van der Waals surface area (Å²) in [6.07, 6.45) is 7.29. The van der Waals surface area contributed by atoms with Gasteiger partial charge in [0.1, 0.15) is 12.4 Å². The predicted molar refractivity (Wildman–Crippen MR) is 100 cm³/mol. The maximum Gasteiger partial charge on any atom is 0.243 e. The Morgan fingerprint density at radius 3 is 2.32 bits per heavy atom. The molecule has 1 saturated carbocycles. The largest absolute Gasteiger partial charge is 0.381 e. The summed E-state index contributed by atoms with van der Waals surface area (Å²) in [5.41, 5.74) is 4.85. The zero-order chi connectivity index (χ0) is 18.9. The van der Waals surface area contributed by atoms with Crippen LogP contribution in [0.4, 0.5) is 0 Å². The Bertz CT molecular complexity index is 392. The summed E-state index contributed by atoms with van der Waals surface area (Å²) < 4.78 is 9.86. The Kier molecular flexibility index (Phi) is 15.1. The van der Waals surface area contributed by atoms with E-state index >= 15 is 0 Å². The molecular formula is C18H38N2O5. The quantitative estimate of drug-likeness (QED) is 0.547. The summed E-state index contributed by atoms with van der Waals surface area (Å²) in [7, 11) is 0. The van der Waals surface area contributed by atoms with Crippen molar-refractivity contribution in [1.82, 2.24) is 5.32 Å². The number of nitrogens with two attached hydrogens (primary N) is 1. The average Bonchev–Trinajstić information content (AvgIpc) is 2.62. The van der Waals surface area contributed by atoms with E-state index in [2.05, 4.69) is 5.32 Å². The van der Waals surface area contributed by atoms with E-state index in [1.807, 2.05) is 13.8 Å². The minimum absolute atomic E-state index is 0. The molecule has 7 nitrogen and oxygen atoms in total. The fourth-order valence-corrected chi connectivity index (χ4v) is 2.55. The van der Waals surface area contributed by atoms with E-state index in [0.29, 0.717) is 37.9 Å². The molecule has 0 saturated heterocycles. The highest BCUT2D eigenvalue weighted by atomic mass is 16.5. The summed E-state index contributed by atoms with van der Waals surface area (Å²) in [6, 6.07) is 0. The van der Waals surface area contributed by atoms with Gasteiger partial charge in [0, 0.05) is 34.8 Å². The lowest BCUT2D eigenvalue weighted by molar-refractivity contribution is -0.124. The summed E-state index contributed by atoms with van der Waals surface area (Å²) in [6.45, 7) is 5.41. The molecule has 0 spiro atoms. The van der Waals surface area contributed by atoms with Gasteiger partial charge in [-0.1, -0.05) is 26.2 Å². The van der Waals surface area contributed by atoms with Crippen molar-refractivity contribution in [2.45, 2.75) is 58.8 Å². The van der Waals surface area contributed by atoms with E-state index in [4.69, 9.17) is 15.2 Å². The molecule has 1 rings (SSSR count). The van der Waals surface area contributed by atoms with Crippen molar-refractivity contribution in [3.63, 3.8) is 0 Å². The average molecular weight is 363 g/mol. The molecule has 0 bridgehead atoms. The van der Waals surface area contributed by atoms with Crippen LogP contribution in [0.3, 0.4) is 0 Å². The number of hydrogen-bond donors (Lipinski definition) is 2. The highest BCUT2D eigenvalue weighted by molar-refractivity contribution is 5.80. The summed E-state index contributed by atoms with van der Waals surface area (Å²) in [5, 5.41) is 2.62. The van der Waals surface area contributed by atoms with Gasteiger partial charge in [0.15, 0.2) is 0 Å². The fourth-order valence-electron chi connectivity index (χ4n) is 2.55. The minimum Gasteiger partial charge on any atom is -0.381 e. The molecule has 7 heteroatoms. The van der Waals surface area contributed by atoms with Crippen LogP contribution in [0.5, 0.6) is 0 Å². The molecule has 0 aromatic rings. The third-order valence-electron chi connectivity index (χ3n) is 3.90. The first-order valence-electron chi connectivity index (χ1n) is 9.24. The van der Waals surface area contributed by atoms with Gasteiger partial charge in [-0.25, -0.2) is 0 Å². The molecule has 0 heterocycles. The first kappa shape index (κ1) is 23.5. The van der Waals surface area contributed by atoms with Crippen LogP contribution < -0.4 is 11.1 Å². The molecule has 3 N–H and O–H groups in total. The topological polar surface area (TPSA) is 108 Å². The SMILES string of the molecule is CCC(=O)C1CCCCC1.CCOCCC(=O)NCCOCC(N)=O.[HH].[HH]. The highest BCUT2D eigenvalue weighted by Gasteiger charge is 2.18. The number of ether oxygens (including phenoxy) is 2.